The number of benzene rings is 1. The largest absolute Gasteiger partial charge is 0.344 e. The Hall–Kier alpha value is -1.50. The number of hydrogen-bond acceptors (Lipinski definition) is 2. The summed E-state index contributed by atoms with van der Waals surface area (Å²) in [4.78, 5) is 16.3. The van der Waals surface area contributed by atoms with E-state index in [-0.39, 0.29) is 17.8 Å². The minimum Gasteiger partial charge on any atom is -0.344 e. The van der Waals surface area contributed by atoms with Crippen LogP contribution in [0.2, 0.25) is 0 Å². The quantitative estimate of drug-likeness (QED) is 0.843. The normalized spacial score (nSPS) is 11.9. The molecule has 5 heteroatoms. The monoisotopic (exact) mass is 370 g/mol. The van der Waals surface area contributed by atoms with Gasteiger partial charge >= 0.3 is 0 Å². The predicted molar refractivity (Wildman–Crippen MR) is 79.2 cm³/mol. The van der Waals surface area contributed by atoms with Crippen molar-refractivity contribution in [3.05, 3.63) is 63.2 Å². The number of nitrogens with one attached hydrogen (secondary N) is 1. The van der Waals surface area contributed by atoms with Crippen LogP contribution in [-0.4, -0.2) is 10.9 Å². The molecule has 0 radical (unpaired) electrons. The van der Waals surface area contributed by atoms with Crippen molar-refractivity contribution in [1.82, 2.24) is 10.3 Å². The summed E-state index contributed by atoms with van der Waals surface area (Å²) in [5, 5.41) is 2.84. The molecule has 0 aliphatic carbocycles. The first-order chi connectivity index (χ1) is 9.08. The zero-order valence-electron chi connectivity index (χ0n) is 10.2. The van der Waals surface area contributed by atoms with Crippen LogP contribution in [0.4, 0.5) is 4.39 Å². The van der Waals surface area contributed by atoms with Crippen molar-refractivity contribution in [1.29, 1.82) is 0 Å². The van der Waals surface area contributed by atoms with Crippen LogP contribution in [0.25, 0.3) is 0 Å². The molecule has 0 fully saturated rings. The Bertz CT molecular complexity index is 589. The third kappa shape index (κ3) is 3.50. The molecule has 98 valence electrons. The van der Waals surface area contributed by atoms with Crippen molar-refractivity contribution >= 4 is 28.5 Å². The van der Waals surface area contributed by atoms with Gasteiger partial charge in [-0.15, -0.1) is 0 Å². The van der Waals surface area contributed by atoms with Gasteiger partial charge in [-0.2, -0.15) is 0 Å². The fourth-order valence-corrected chi connectivity index (χ4v) is 2.38. The van der Waals surface area contributed by atoms with Gasteiger partial charge in [0.05, 0.1) is 17.3 Å². The van der Waals surface area contributed by atoms with Gasteiger partial charge < -0.3 is 5.32 Å². The topological polar surface area (TPSA) is 42.0 Å². The van der Waals surface area contributed by atoms with E-state index < -0.39 is 0 Å². The lowest BCUT2D eigenvalue weighted by Crippen LogP contribution is -2.27. The van der Waals surface area contributed by atoms with Crippen LogP contribution in [0, 0.1) is 9.39 Å². The summed E-state index contributed by atoms with van der Waals surface area (Å²) >= 11 is 1.95. The lowest BCUT2D eigenvalue weighted by molar-refractivity contribution is 0.0938. The van der Waals surface area contributed by atoms with Crippen molar-refractivity contribution in [2.24, 2.45) is 0 Å². The summed E-state index contributed by atoms with van der Waals surface area (Å²) in [6.45, 7) is 1.86. The average Bonchev–Trinajstić information content (AvgIpc) is 2.39. The van der Waals surface area contributed by atoms with Crippen molar-refractivity contribution in [3.63, 3.8) is 0 Å². The maximum Gasteiger partial charge on any atom is 0.252 e. The number of carbonyl (C=O) groups excluding carboxylic acids is 1. The van der Waals surface area contributed by atoms with Crippen LogP contribution in [0.5, 0.6) is 0 Å². The zero-order chi connectivity index (χ0) is 13.8. The average molecular weight is 370 g/mol. The van der Waals surface area contributed by atoms with E-state index >= 15 is 0 Å². The molecule has 19 heavy (non-hydrogen) atoms. The lowest BCUT2D eigenvalue weighted by atomic mass is 10.1. The standard InChI is InChI=1S/C14H12FIN2O/c1-9(13-4-2-3-7-17-13)18-14(19)11-6-5-10(15)8-12(11)16/h2-9H,1H3,(H,18,19). The highest BCUT2D eigenvalue weighted by Crippen LogP contribution is 2.16. The maximum atomic E-state index is 13.0. The van der Waals surface area contributed by atoms with Crippen molar-refractivity contribution < 1.29 is 9.18 Å². The van der Waals surface area contributed by atoms with E-state index in [0.29, 0.717) is 9.13 Å². The number of carbonyl (C=O) groups is 1. The number of aromatic nitrogens is 1. The molecular weight excluding hydrogens is 358 g/mol. The van der Waals surface area contributed by atoms with Crippen LogP contribution in [0.1, 0.15) is 29.0 Å². The number of hydrogen-bond donors (Lipinski definition) is 1. The highest BCUT2D eigenvalue weighted by atomic mass is 127. The number of amides is 1. The Morgan fingerprint density at radius 3 is 2.79 bits per heavy atom. The van der Waals surface area contributed by atoms with Crippen molar-refractivity contribution in [2.75, 3.05) is 0 Å². The molecule has 2 rings (SSSR count). The Kier molecular flexibility index (Phi) is 4.47. The Balaban J connectivity index is 2.13. The first-order valence-electron chi connectivity index (χ1n) is 5.75. The molecule has 1 aromatic carbocycles. The molecular formula is C14H12FIN2O. The predicted octanol–water partition coefficient (Wildman–Crippen LogP) is 3.32. The van der Waals surface area contributed by atoms with Crippen molar-refractivity contribution in [2.45, 2.75) is 13.0 Å². The van der Waals surface area contributed by atoms with E-state index in [2.05, 4.69) is 10.3 Å². The summed E-state index contributed by atoms with van der Waals surface area (Å²) in [5.74, 6) is -0.582. The SMILES string of the molecule is CC(NC(=O)c1ccc(F)cc1I)c1ccccn1. The summed E-state index contributed by atoms with van der Waals surface area (Å²) in [6, 6.07) is 9.43. The third-order valence-electron chi connectivity index (χ3n) is 2.65. The fourth-order valence-electron chi connectivity index (χ4n) is 1.65. The molecule has 3 nitrogen and oxygen atoms in total. The zero-order valence-corrected chi connectivity index (χ0v) is 12.4. The summed E-state index contributed by atoms with van der Waals surface area (Å²) < 4.78 is 13.6. The van der Waals surface area contributed by atoms with Gasteiger partial charge in [0.25, 0.3) is 5.91 Å². The van der Waals surface area contributed by atoms with Crippen LogP contribution in [0.15, 0.2) is 42.6 Å². The van der Waals surface area contributed by atoms with E-state index in [1.807, 2.05) is 47.7 Å². The summed E-state index contributed by atoms with van der Waals surface area (Å²) in [7, 11) is 0. The van der Waals surface area contributed by atoms with Gasteiger partial charge in [-0.3, -0.25) is 9.78 Å². The van der Waals surface area contributed by atoms with Gasteiger partial charge in [0, 0.05) is 9.77 Å². The number of nitrogens with zero attached hydrogens (tertiary/aromatic N) is 1. The van der Waals surface area contributed by atoms with Crippen LogP contribution < -0.4 is 5.32 Å². The molecule has 0 aliphatic heterocycles. The Labute approximate surface area is 124 Å². The molecule has 1 atom stereocenters. The first kappa shape index (κ1) is 13.9. The molecule has 1 aromatic heterocycles. The summed E-state index contributed by atoms with van der Waals surface area (Å²) in [5.41, 5.74) is 1.25. The molecule has 0 spiro atoms. The summed E-state index contributed by atoms with van der Waals surface area (Å²) in [6.07, 6.45) is 1.68. The van der Waals surface area contributed by atoms with Crippen molar-refractivity contribution in [3.8, 4) is 0 Å². The molecule has 2 aromatic rings. The van der Waals surface area contributed by atoms with E-state index in [0.717, 1.165) is 5.69 Å². The molecule has 1 amide bonds. The van der Waals surface area contributed by atoms with E-state index in [1.54, 1.807) is 6.20 Å². The van der Waals surface area contributed by atoms with Crippen LogP contribution in [0.3, 0.4) is 0 Å². The van der Waals surface area contributed by atoms with E-state index in [4.69, 9.17) is 0 Å². The second kappa shape index (κ2) is 6.10. The van der Waals surface area contributed by atoms with Gasteiger partial charge in [-0.1, -0.05) is 6.07 Å². The number of rotatable bonds is 3. The van der Waals surface area contributed by atoms with Crippen LogP contribution in [-0.2, 0) is 0 Å². The molecule has 1 N–H and O–H groups in total. The van der Waals surface area contributed by atoms with Gasteiger partial charge in [-0.05, 0) is 59.8 Å². The molecule has 0 aliphatic rings. The Morgan fingerprint density at radius 1 is 1.37 bits per heavy atom. The smallest absolute Gasteiger partial charge is 0.252 e. The maximum absolute atomic E-state index is 13.0. The van der Waals surface area contributed by atoms with Gasteiger partial charge in [0.15, 0.2) is 0 Å². The molecule has 0 saturated carbocycles. The van der Waals surface area contributed by atoms with E-state index in [9.17, 15) is 9.18 Å². The highest BCUT2D eigenvalue weighted by Gasteiger charge is 2.14. The highest BCUT2D eigenvalue weighted by molar-refractivity contribution is 14.1. The Morgan fingerprint density at radius 2 is 2.16 bits per heavy atom. The minimum atomic E-state index is -0.348. The minimum absolute atomic E-state index is 0.199. The van der Waals surface area contributed by atoms with Gasteiger partial charge in [0.2, 0.25) is 0 Å². The lowest BCUT2D eigenvalue weighted by Gasteiger charge is -2.14. The molecule has 1 unspecified atom stereocenters. The number of pyridine rings is 1. The van der Waals surface area contributed by atoms with E-state index in [1.165, 1.54) is 18.2 Å². The molecule has 0 saturated heterocycles. The fraction of sp³-hybridized carbons (Fsp3) is 0.143. The van der Waals surface area contributed by atoms with Crippen LogP contribution >= 0.6 is 22.6 Å². The molecule has 1 heterocycles. The number of halogens is 2. The van der Waals surface area contributed by atoms with Gasteiger partial charge in [0.1, 0.15) is 5.82 Å². The third-order valence-corrected chi connectivity index (χ3v) is 3.55. The second-order valence-corrected chi connectivity index (χ2v) is 5.24. The first-order valence-corrected chi connectivity index (χ1v) is 6.82. The van der Waals surface area contributed by atoms with Gasteiger partial charge in [-0.25, -0.2) is 4.39 Å². The second-order valence-electron chi connectivity index (χ2n) is 4.07. The molecule has 0 bridgehead atoms.